The van der Waals surface area contributed by atoms with E-state index in [1.54, 1.807) is 17.3 Å². The zero-order valence-corrected chi connectivity index (χ0v) is 14.5. The Hall–Kier alpha value is -2.21. The molecule has 1 heterocycles. The second kappa shape index (κ2) is 7.87. The maximum absolute atomic E-state index is 12.4. The molecule has 2 amide bonds. The van der Waals surface area contributed by atoms with Crippen molar-refractivity contribution in [3.8, 4) is 10.6 Å². The van der Waals surface area contributed by atoms with E-state index in [1.807, 2.05) is 44.2 Å². The Bertz CT molecular complexity index is 665. The van der Waals surface area contributed by atoms with E-state index >= 15 is 0 Å². The minimum atomic E-state index is -0.232. The highest BCUT2D eigenvalue weighted by atomic mass is 32.1. The van der Waals surface area contributed by atoms with Crippen LogP contribution in [0.2, 0.25) is 0 Å². The van der Waals surface area contributed by atoms with Crippen molar-refractivity contribution in [2.24, 2.45) is 0 Å². The summed E-state index contributed by atoms with van der Waals surface area (Å²) in [7, 11) is 1.63. The molecule has 0 saturated carbocycles. The molecule has 0 fully saturated rings. The first kappa shape index (κ1) is 17.1. The normalized spacial score (nSPS) is 10.4. The second-order valence-electron chi connectivity index (χ2n) is 5.13. The molecule has 0 aliphatic carbocycles. The number of thiazole rings is 1. The van der Waals surface area contributed by atoms with Gasteiger partial charge in [-0.25, -0.2) is 4.98 Å². The molecule has 0 aliphatic heterocycles. The van der Waals surface area contributed by atoms with Gasteiger partial charge in [0.25, 0.3) is 5.91 Å². The van der Waals surface area contributed by atoms with Crippen LogP contribution in [0.1, 0.15) is 24.3 Å². The molecule has 122 valence electrons. The smallest absolute Gasteiger partial charge is 0.273 e. The van der Waals surface area contributed by atoms with E-state index in [-0.39, 0.29) is 18.4 Å². The van der Waals surface area contributed by atoms with Gasteiger partial charge in [-0.15, -0.1) is 11.3 Å². The van der Waals surface area contributed by atoms with Gasteiger partial charge in [-0.3, -0.25) is 9.59 Å². The summed E-state index contributed by atoms with van der Waals surface area (Å²) in [6, 6.07) is 9.73. The summed E-state index contributed by atoms with van der Waals surface area (Å²) in [4.78, 5) is 32.0. The Labute approximate surface area is 140 Å². The number of amides is 2. The molecule has 1 aromatic carbocycles. The first-order chi connectivity index (χ1) is 11.1. The van der Waals surface area contributed by atoms with E-state index in [0.29, 0.717) is 18.8 Å². The summed E-state index contributed by atoms with van der Waals surface area (Å²) in [6.07, 6.45) is 0. The van der Waals surface area contributed by atoms with Crippen molar-refractivity contribution in [1.82, 2.24) is 14.8 Å². The van der Waals surface area contributed by atoms with Crippen LogP contribution >= 0.6 is 11.3 Å². The van der Waals surface area contributed by atoms with E-state index in [9.17, 15) is 9.59 Å². The minimum absolute atomic E-state index is 0.0515. The fraction of sp³-hybridized carbons (Fsp3) is 0.353. The molecule has 0 spiro atoms. The van der Waals surface area contributed by atoms with Crippen molar-refractivity contribution in [2.75, 3.05) is 26.7 Å². The van der Waals surface area contributed by atoms with E-state index in [2.05, 4.69) is 4.98 Å². The molecule has 1 aromatic heterocycles. The molecular formula is C17H21N3O2S. The maximum atomic E-state index is 12.4. The predicted molar refractivity (Wildman–Crippen MR) is 92.4 cm³/mol. The predicted octanol–water partition coefficient (Wildman–Crippen LogP) is 2.75. The summed E-state index contributed by atoms with van der Waals surface area (Å²) in [6.45, 7) is 5.21. The number of aromatic nitrogens is 1. The first-order valence-corrected chi connectivity index (χ1v) is 8.49. The standard InChI is InChI=1S/C17H21N3O2S/c1-4-20(5-2)15(21)11-19(3)17(22)14-12-23-16(18-14)13-9-7-6-8-10-13/h6-10,12H,4-5,11H2,1-3H3. The van der Waals surface area contributed by atoms with Gasteiger partial charge in [0.05, 0.1) is 6.54 Å². The Morgan fingerprint density at radius 2 is 1.78 bits per heavy atom. The van der Waals surface area contributed by atoms with E-state index < -0.39 is 0 Å². The quantitative estimate of drug-likeness (QED) is 0.818. The van der Waals surface area contributed by atoms with Gasteiger partial charge in [0.2, 0.25) is 5.91 Å². The van der Waals surface area contributed by atoms with Crippen molar-refractivity contribution >= 4 is 23.2 Å². The van der Waals surface area contributed by atoms with Gasteiger partial charge >= 0.3 is 0 Å². The minimum Gasteiger partial charge on any atom is -0.342 e. The van der Waals surface area contributed by atoms with Crippen LogP contribution in [0.15, 0.2) is 35.7 Å². The average molecular weight is 331 g/mol. The van der Waals surface area contributed by atoms with Crippen molar-refractivity contribution in [3.63, 3.8) is 0 Å². The number of hydrogen-bond acceptors (Lipinski definition) is 4. The molecule has 0 N–H and O–H groups in total. The summed E-state index contributed by atoms with van der Waals surface area (Å²) >= 11 is 1.43. The molecule has 0 radical (unpaired) electrons. The monoisotopic (exact) mass is 331 g/mol. The van der Waals surface area contributed by atoms with E-state index in [4.69, 9.17) is 0 Å². The van der Waals surface area contributed by atoms with Crippen LogP contribution in [0.25, 0.3) is 10.6 Å². The maximum Gasteiger partial charge on any atom is 0.273 e. The Morgan fingerprint density at radius 1 is 1.13 bits per heavy atom. The zero-order chi connectivity index (χ0) is 16.8. The lowest BCUT2D eigenvalue weighted by Gasteiger charge is -2.22. The van der Waals surface area contributed by atoms with Crippen LogP contribution < -0.4 is 0 Å². The summed E-state index contributed by atoms with van der Waals surface area (Å²) in [5.41, 5.74) is 1.36. The van der Waals surface area contributed by atoms with Gasteiger partial charge in [-0.2, -0.15) is 0 Å². The van der Waals surface area contributed by atoms with Gasteiger partial charge in [-0.1, -0.05) is 30.3 Å². The van der Waals surface area contributed by atoms with Crippen LogP contribution in [-0.2, 0) is 4.79 Å². The van der Waals surface area contributed by atoms with Gasteiger partial charge in [0.15, 0.2) is 0 Å². The molecule has 0 saturated heterocycles. The largest absolute Gasteiger partial charge is 0.342 e. The molecule has 0 bridgehead atoms. The third-order valence-electron chi connectivity index (χ3n) is 3.58. The molecule has 23 heavy (non-hydrogen) atoms. The number of hydrogen-bond donors (Lipinski definition) is 0. The summed E-state index contributed by atoms with van der Waals surface area (Å²) in [5.74, 6) is -0.284. The van der Waals surface area contributed by atoms with Crippen LogP contribution in [0.4, 0.5) is 0 Å². The van der Waals surface area contributed by atoms with Crippen LogP contribution in [-0.4, -0.2) is 53.3 Å². The average Bonchev–Trinajstić information content (AvgIpc) is 3.06. The van der Waals surface area contributed by atoms with Gasteiger partial charge < -0.3 is 9.80 Å². The number of rotatable bonds is 6. The third kappa shape index (κ3) is 4.16. The van der Waals surface area contributed by atoms with Crippen molar-refractivity contribution in [3.05, 3.63) is 41.4 Å². The molecule has 5 nitrogen and oxygen atoms in total. The lowest BCUT2D eigenvalue weighted by atomic mass is 10.2. The third-order valence-corrected chi connectivity index (χ3v) is 4.47. The number of carbonyl (C=O) groups is 2. The molecule has 2 aromatic rings. The highest BCUT2D eigenvalue weighted by Crippen LogP contribution is 2.23. The SMILES string of the molecule is CCN(CC)C(=O)CN(C)C(=O)c1csc(-c2ccccc2)n1. The fourth-order valence-electron chi connectivity index (χ4n) is 2.23. The molecule has 0 unspecified atom stereocenters. The zero-order valence-electron chi connectivity index (χ0n) is 13.7. The number of carbonyl (C=O) groups excluding carboxylic acids is 2. The Kier molecular flexibility index (Phi) is 5.87. The highest BCUT2D eigenvalue weighted by Gasteiger charge is 2.20. The van der Waals surface area contributed by atoms with Gasteiger partial charge in [0.1, 0.15) is 10.7 Å². The molecule has 6 heteroatoms. The van der Waals surface area contributed by atoms with Gasteiger partial charge in [-0.05, 0) is 13.8 Å². The Morgan fingerprint density at radius 3 is 2.39 bits per heavy atom. The van der Waals surface area contributed by atoms with E-state index in [1.165, 1.54) is 16.2 Å². The second-order valence-corrected chi connectivity index (χ2v) is 5.99. The van der Waals surface area contributed by atoms with Crippen molar-refractivity contribution < 1.29 is 9.59 Å². The topological polar surface area (TPSA) is 53.5 Å². The van der Waals surface area contributed by atoms with E-state index in [0.717, 1.165) is 10.6 Å². The summed E-state index contributed by atoms with van der Waals surface area (Å²) in [5, 5.41) is 2.54. The first-order valence-electron chi connectivity index (χ1n) is 7.61. The van der Waals surface area contributed by atoms with Crippen LogP contribution in [0.3, 0.4) is 0 Å². The highest BCUT2D eigenvalue weighted by molar-refractivity contribution is 7.13. The van der Waals surface area contributed by atoms with Crippen LogP contribution in [0, 0.1) is 0 Å². The van der Waals surface area contributed by atoms with Crippen LogP contribution in [0.5, 0.6) is 0 Å². The number of benzene rings is 1. The molecule has 0 atom stereocenters. The number of nitrogens with zero attached hydrogens (tertiary/aromatic N) is 3. The summed E-state index contributed by atoms with van der Waals surface area (Å²) < 4.78 is 0. The lowest BCUT2D eigenvalue weighted by molar-refractivity contribution is -0.131. The van der Waals surface area contributed by atoms with Crippen molar-refractivity contribution in [1.29, 1.82) is 0 Å². The van der Waals surface area contributed by atoms with Crippen molar-refractivity contribution in [2.45, 2.75) is 13.8 Å². The Balaban J connectivity index is 2.06. The molecule has 2 rings (SSSR count). The fourth-order valence-corrected chi connectivity index (χ4v) is 3.03. The molecular weight excluding hydrogens is 310 g/mol. The number of likely N-dealkylation sites (N-methyl/N-ethyl adjacent to an activating group) is 2. The lowest BCUT2D eigenvalue weighted by Crippen LogP contribution is -2.41. The van der Waals surface area contributed by atoms with Gasteiger partial charge in [0, 0.05) is 31.1 Å². The molecule has 0 aliphatic rings.